The van der Waals surface area contributed by atoms with Crippen LogP contribution in [0.3, 0.4) is 0 Å². The summed E-state index contributed by atoms with van der Waals surface area (Å²) in [5.74, 6) is -1.33. The van der Waals surface area contributed by atoms with Crippen molar-refractivity contribution in [1.82, 2.24) is 0 Å². The fraction of sp³-hybridized carbons (Fsp3) is 0.348. The van der Waals surface area contributed by atoms with Crippen LogP contribution in [-0.2, 0) is 9.59 Å². The fourth-order valence-corrected chi connectivity index (χ4v) is 3.53. The largest absolute Gasteiger partial charge is 0.478 e. The van der Waals surface area contributed by atoms with Crippen LogP contribution in [-0.4, -0.2) is 35.0 Å². The molecular formula is C23H26N2O5. The maximum atomic E-state index is 13.0. The van der Waals surface area contributed by atoms with Crippen molar-refractivity contribution in [3.8, 4) is 5.75 Å². The Balaban J connectivity index is 1.92. The third kappa shape index (κ3) is 4.01. The number of hydrogen-bond donors (Lipinski definition) is 2. The van der Waals surface area contributed by atoms with Gasteiger partial charge in [0.15, 0.2) is 5.60 Å². The molecule has 158 valence electrons. The van der Waals surface area contributed by atoms with E-state index in [-0.39, 0.29) is 35.6 Å². The number of carbonyl (C=O) groups excluding carboxylic acids is 2. The number of nitrogens with one attached hydrogen (secondary N) is 1. The van der Waals surface area contributed by atoms with Gasteiger partial charge >= 0.3 is 5.97 Å². The van der Waals surface area contributed by atoms with Crippen LogP contribution < -0.4 is 15.0 Å². The highest BCUT2D eigenvalue weighted by molar-refractivity contribution is 6.08. The van der Waals surface area contributed by atoms with E-state index in [0.717, 1.165) is 16.8 Å². The lowest BCUT2D eigenvalue weighted by molar-refractivity contribution is -0.133. The fourth-order valence-electron chi connectivity index (χ4n) is 3.53. The summed E-state index contributed by atoms with van der Waals surface area (Å²) in [6.45, 7) is 9.00. The van der Waals surface area contributed by atoms with E-state index in [1.807, 2.05) is 25.1 Å². The summed E-state index contributed by atoms with van der Waals surface area (Å²) >= 11 is 0. The minimum atomic E-state index is -1.23. The number of hydrogen-bond acceptors (Lipinski definition) is 4. The highest BCUT2D eigenvalue weighted by Crippen LogP contribution is 2.38. The number of aryl methyl sites for hydroxylation is 1. The number of para-hydroxylation sites is 1. The van der Waals surface area contributed by atoms with Crippen LogP contribution in [0.1, 0.15) is 55.1 Å². The predicted octanol–water partition coefficient (Wildman–Crippen LogP) is 3.96. The van der Waals surface area contributed by atoms with Gasteiger partial charge in [-0.3, -0.25) is 14.5 Å². The number of fused-ring (bicyclic) bond motifs is 1. The molecule has 0 saturated carbocycles. The molecule has 7 nitrogen and oxygen atoms in total. The molecule has 1 aliphatic heterocycles. The molecule has 7 heteroatoms. The summed E-state index contributed by atoms with van der Waals surface area (Å²) in [7, 11) is 0. The number of carboxylic acid groups (broad SMARTS) is 1. The van der Waals surface area contributed by atoms with Crippen molar-refractivity contribution in [3.05, 3.63) is 53.1 Å². The monoisotopic (exact) mass is 410 g/mol. The number of ether oxygens (including phenoxy) is 1. The highest BCUT2D eigenvalue weighted by atomic mass is 16.5. The smallest absolute Gasteiger partial charge is 0.335 e. The van der Waals surface area contributed by atoms with Crippen molar-refractivity contribution in [3.63, 3.8) is 0 Å². The van der Waals surface area contributed by atoms with E-state index in [1.165, 1.54) is 23.1 Å². The molecule has 0 radical (unpaired) electrons. The van der Waals surface area contributed by atoms with Gasteiger partial charge in [-0.15, -0.1) is 0 Å². The topological polar surface area (TPSA) is 95.9 Å². The Morgan fingerprint density at radius 3 is 2.53 bits per heavy atom. The van der Waals surface area contributed by atoms with E-state index in [2.05, 4.69) is 19.2 Å². The van der Waals surface area contributed by atoms with Gasteiger partial charge in [-0.2, -0.15) is 0 Å². The van der Waals surface area contributed by atoms with E-state index in [0.29, 0.717) is 5.69 Å². The SMILES string of the molecule is Cc1cccc(C(C)C)c1NC(=O)CN1C(=O)C(C)(C)Oc2cc(C(=O)O)ccc21. The molecular weight excluding hydrogens is 384 g/mol. The van der Waals surface area contributed by atoms with Gasteiger partial charge in [-0.25, -0.2) is 4.79 Å². The van der Waals surface area contributed by atoms with Gasteiger partial charge in [0.05, 0.1) is 11.3 Å². The van der Waals surface area contributed by atoms with Crippen molar-refractivity contribution in [2.24, 2.45) is 0 Å². The van der Waals surface area contributed by atoms with Gasteiger partial charge < -0.3 is 15.2 Å². The van der Waals surface area contributed by atoms with Gasteiger partial charge in [0.25, 0.3) is 5.91 Å². The molecule has 2 aromatic rings. The third-order valence-corrected chi connectivity index (χ3v) is 5.12. The number of carboxylic acids is 1. The molecule has 2 amide bonds. The predicted molar refractivity (Wildman–Crippen MR) is 114 cm³/mol. The second kappa shape index (κ2) is 7.82. The lowest BCUT2D eigenvalue weighted by Crippen LogP contribution is -2.54. The molecule has 0 fully saturated rings. The highest BCUT2D eigenvalue weighted by Gasteiger charge is 2.42. The van der Waals surface area contributed by atoms with Crippen LogP contribution >= 0.6 is 0 Å². The first-order valence-corrected chi connectivity index (χ1v) is 9.79. The van der Waals surface area contributed by atoms with E-state index in [4.69, 9.17) is 4.74 Å². The van der Waals surface area contributed by atoms with E-state index < -0.39 is 11.6 Å². The summed E-state index contributed by atoms with van der Waals surface area (Å²) in [6, 6.07) is 10.1. The van der Waals surface area contributed by atoms with Crippen molar-refractivity contribution >= 4 is 29.2 Å². The molecule has 2 aromatic carbocycles. The molecule has 3 rings (SSSR count). The van der Waals surface area contributed by atoms with Crippen LogP contribution in [0.2, 0.25) is 0 Å². The molecule has 0 atom stereocenters. The Labute approximate surface area is 175 Å². The first-order valence-electron chi connectivity index (χ1n) is 9.79. The van der Waals surface area contributed by atoms with Gasteiger partial charge in [0.1, 0.15) is 12.3 Å². The number of nitrogens with zero attached hydrogens (tertiary/aromatic N) is 1. The molecule has 1 aliphatic rings. The first-order chi connectivity index (χ1) is 14.0. The van der Waals surface area contributed by atoms with Crippen molar-refractivity contribution in [2.75, 3.05) is 16.8 Å². The quantitative estimate of drug-likeness (QED) is 0.778. The first kappa shape index (κ1) is 21.4. The zero-order valence-electron chi connectivity index (χ0n) is 17.8. The van der Waals surface area contributed by atoms with Crippen LogP contribution in [0.5, 0.6) is 5.75 Å². The van der Waals surface area contributed by atoms with Crippen molar-refractivity contribution in [2.45, 2.75) is 46.1 Å². The van der Waals surface area contributed by atoms with E-state index >= 15 is 0 Å². The summed E-state index contributed by atoms with van der Waals surface area (Å²) in [6.07, 6.45) is 0. The lowest BCUT2D eigenvalue weighted by atomic mass is 9.98. The molecule has 0 saturated heterocycles. The molecule has 1 heterocycles. The Kier molecular flexibility index (Phi) is 5.57. The molecule has 0 bridgehead atoms. The minimum Gasteiger partial charge on any atom is -0.478 e. The summed E-state index contributed by atoms with van der Waals surface area (Å²) in [4.78, 5) is 38.5. The number of anilines is 2. The van der Waals surface area contributed by atoms with Crippen molar-refractivity contribution in [1.29, 1.82) is 0 Å². The van der Waals surface area contributed by atoms with Gasteiger partial charge in [-0.05, 0) is 56.0 Å². The normalized spacial score (nSPS) is 14.9. The summed E-state index contributed by atoms with van der Waals surface area (Å²) in [5, 5.41) is 12.2. The van der Waals surface area contributed by atoms with E-state index in [9.17, 15) is 19.5 Å². The Morgan fingerprint density at radius 1 is 1.20 bits per heavy atom. The minimum absolute atomic E-state index is 0.0461. The second-order valence-electron chi connectivity index (χ2n) is 8.23. The number of carbonyl (C=O) groups is 3. The number of amides is 2. The van der Waals surface area contributed by atoms with E-state index in [1.54, 1.807) is 13.8 Å². The molecule has 30 heavy (non-hydrogen) atoms. The maximum absolute atomic E-state index is 13.0. The Hall–Kier alpha value is -3.35. The van der Waals surface area contributed by atoms with Crippen LogP contribution in [0, 0.1) is 6.92 Å². The average molecular weight is 410 g/mol. The molecule has 0 aromatic heterocycles. The van der Waals surface area contributed by atoms with Crippen LogP contribution in [0.15, 0.2) is 36.4 Å². The Morgan fingerprint density at radius 2 is 1.90 bits per heavy atom. The lowest BCUT2D eigenvalue weighted by Gasteiger charge is -2.38. The van der Waals surface area contributed by atoms with Gasteiger partial charge in [0, 0.05) is 5.69 Å². The average Bonchev–Trinajstić information content (AvgIpc) is 2.66. The molecule has 2 N–H and O–H groups in total. The van der Waals surface area contributed by atoms with Gasteiger partial charge in [0.2, 0.25) is 5.91 Å². The zero-order chi connectivity index (χ0) is 22.2. The summed E-state index contributed by atoms with van der Waals surface area (Å²) < 4.78 is 5.74. The molecule has 0 aliphatic carbocycles. The maximum Gasteiger partial charge on any atom is 0.335 e. The second-order valence-corrected chi connectivity index (χ2v) is 8.23. The summed E-state index contributed by atoms with van der Waals surface area (Å²) in [5.41, 5.74) is 1.89. The molecule has 0 spiro atoms. The van der Waals surface area contributed by atoms with Gasteiger partial charge in [-0.1, -0.05) is 32.0 Å². The standard InChI is InChI=1S/C23H26N2O5/c1-13(2)16-8-6-7-14(3)20(16)24-19(26)12-25-17-10-9-15(21(27)28)11-18(17)30-23(4,5)22(25)29/h6-11,13H,12H2,1-5H3,(H,24,26)(H,27,28). The zero-order valence-corrected chi connectivity index (χ0v) is 17.8. The van der Waals surface area contributed by atoms with Crippen LogP contribution in [0.25, 0.3) is 0 Å². The Bertz CT molecular complexity index is 1030. The number of aromatic carboxylic acids is 1. The number of benzene rings is 2. The van der Waals surface area contributed by atoms with Crippen LogP contribution in [0.4, 0.5) is 11.4 Å². The third-order valence-electron chi connectivity index (χ3n) is 5.12. The number of rotatable bonds is 5. The van der Waals surface area contributed by atoms with Crippen molar-refractivity contribution < 1.29 is 24.2 Å². The molecule has 0 unspecified atom stereocenters.